The van der Waals surface area contributed by atoms with Crippen LogP contribution in [-0.4, -0.2) is 49.3 Å². The molecule has 9 nitrogen and oxygen atoms in total. The van der Waals surface area contributed by atoms with Crippen molar-refractivity contribution in [2.45, 2.75) is 123 Å². The minimum atomic E-state index is -4.38. The zero-order chi connectivity index (χ0) is 33.3. The van der Waals surface area contributed by atoms with Crippen molar-refractivity contribution in [3.63, 3.8) is 0 Å². The number of nitrogens with two attached hydrogens (primary N) is 1. The van der Waals surface area contributed by atoms with Gasteiger partial charge in [-0.25, -0.2) is 4.57 Å². The van der Waals surface area contributed by atoms with E-state index in [-0.39, 0.29) is 32.6 Å². The summed E-state index contributed by atoms with van der Waals surface area (Å²) in [6.07, 6.45) is 34.0. The molecule has 258 valence electrons. The van der Waals surface area contributed by atoms with Gasteiger partial charge in [0.2, 0.25) is 0 Å². The lowest BCUT2D eigenvalue weighted by molar-refractivity contribution is -0.161. The molecule has 0 spiro atoms. The van der Waals surface area contributed by atoms with Gasteiger partial charge in [0.25, 0.3) is 0 Å². The van der Waals surface area contributed by atoms with Crippen molar-refractivity contribution in [2.24, 2.45) is 5.73 Å². The molecule has 0 aromatic heterocycles. The lowest BCUT2D eigenvalue weighted by Gasteiger charge is -2.19. The molecule has 0 aliphatic heterocycles. The third-order valence-electron chi connectivity index (χ3n) is 6.48. The number of unbranched alkanes of at least 4 members (excludes halogenated alkanes) is 10. The van der Waals surface area contributed by atoms with Crippen LogP contribution in [0, 0.1) is 0 Å². The Kier molecular flexibility index (Phi) is 30.1. The van der Waals surface area contributed by atoms with Gasteiger partial charge in [0, 0.05) is 19.4 Å². The molecular formula is C35H60NO8P. The maximum atomic E-state index is 12.5. The van der Waals surface area contributed by atoms with E-state index in [2.05, 4.69) is 56.4 Å². The standard InChI is InChI=1S/C35H60NO8P/c1-3-5-7-9-11-13-15-16-18-20-22-24-26-28-35(38)44-33(32-43-45(39,40)42-30-29-36)31-41-34(37)27-25-23-21-19-17-14-12-10-8-6-4-2/h5,7,9-15,17,33H,3-4,6,8,16,18-32,36H2,1-2H3,(H,39,40)/b7-5+,11-9+,12-10+,15-13+,17-14+. The van der Waals surface area contributed by atoms with Crippen LogP contribution in [0.15, 0.2) is 60.8 Å². The maximum Gasteiger partial charge on any atom is 0.472 e. The fourth-order valence-corrected chi connectivity index (χ4v) is 4.73. The van der Waals surface area contributed by atoms with E-state index in [0.29, 0.717) is 12.8 Å². The van der Waals surface area contributed by atoms with Gasteiger partial charge >= 0.3 is 19.8 Å². The van der Waals surface area contributed by atoms with Gasteiger partial charge in [0.1, 0.15) is 6.61 Å². The highest BCUT2D eigenvalue weighted by Crippen LogP contribution is 2.43. The summed E-state index contributed by atoms with van der Waals surface area (Å²) in [7, 11) is -4.38. The van der Waals surface area contributed by atoms with E-state index in [1.54, 1.807) is 0 Å². The highest BCUT2D eigenvalue weighted by molar-refractivity contribution is 7.47. The molecule has 45 heavy (non-hydrogen) atoms. The van der Waals surface area contributed by atoms with Crippen LogP contribution in [0.4, 0.5) is 0 Å². The Morgan fingerprint density at radius 1 is 0.689 bits per heavy atom. The zero-order valence-corrected chi connectivity index (χ0v) is 28.7. The fraction of sp³-hybridized carbons (Fsp3) is 0.657. The molecule has 0 aromatic rings. The molecule has 2 unspecified atom stereocenters. The van der Waals surface area contributed by atoms with Crippen LogP contribution in [0.2, 0.25) is 0 Å². The quantitative estimate of drug-likeness (QED) is 0.0338. The molecule has 0 radical (unpaired) electrons. The van der Waals surface area contributed by atoms with Crippen LogP contribution in [0.5, 0.6) is 0 Å². The van der Waals surface area contributed by atoms with Crippen molar-refractivity contribution >= 4 is 19.8 Å². The van der Waals surface area contributed by atoms with Crippen molar-refractivity contribution in [1.29, 1.82) is 0 Å². The van der Waals surface area contributed by atoms with Gasteiger partial charge in [-0.05, 0) is 51.4 Å². The summed E-state index contributed by atoms with van der Waals surface area (Å²) in [4.78, 5) is 34.5. The molecule has 0 saturated carbocycles. The third-order valence-corrected chi connectivity index (χ3v) is 7.46. The average Bonchev–Trinajstić information content (AvgIpc) is 3.02. The first-order valence-electron chi connectivity index (χ1n) is 16.8. The molecule has 0 heterocycles. The molecule has 10 heteroatoms. The van der Waals surface area contributed by atoms with E-state index in [4.69, 9.17) is 24.3 Å². The summed E-state index contributed by atoms with van der Waals surface area (Å²) in [5.74, 6) is -0.897. The molecule has 0 bridgehead atoms. The van der Waals surface area contributed by atoms with E-state index < -0.39 is 32.5 Å². The zero-order valence-electron chi connectivity index (χ0n) is 27.8. The number of phosphoric acid groups is 1. The first-order chi connectivity index (χ1) is 21.8. The Balaban J connectivity index is 4.39. The van der Waals surface area contributed by atoms with Crippen molar-refractivity contribution in [2.75, 3.05) is 26.4 Å². The van der Waals surface area contributed by atoms with E-state index in [1.807, 2.05) is 18.2 Å². The maximum absolute atomic E-state index is 12.5. The predicted molar refractivity (Wildman–Crippen MR) is 183 cm³/mol. The van der Waals surface area contributed by atoms with Crippen molar-refractivity contribution in [1.82, 2.24) is 0 Å². The SMILES string of the molecule is CC/C=C/C=C/C=C/CCCCCCCC(=O)OC(COC(=O)CCCCC/C=C/C=C/CCCC)COP(=O)(O)OCCN. The number of carbonyl (C=O) groups excluding carboxylic acids is 2. The second-order valence-corrected chi connectivity index (χ2v) is 12.2. The Labute approximate surface area is 272 Å². The molecule has 0 rings (SSSR count). The van der Waals surface area contributed by atoms with Gasteiger partial charge < -0.3 is 20.1 Å². The van der Waals surface area contributed by atoms with E-state index in [0.717, 1.165) is 64.2 Å². The summed E-state index contributed by atoms with van der Waals surface area (Å²) in [6.45, 7) is 3.44. The normalized spacial score (nSPS) is 14.3. The van der Waals surface area contributed by atoms with Crippen molar-refractivity contribution in [3.05, 3.63) is 60.8 Å². The third kappa shape index (κ3) is 31.5. The van der Waals surface area contributed by atoms with Crippen LogP contribution in [0.1, 0.15) is 117 Å². The van der Waals surface area contributed by atoms with Crippen LogP contribution >= 0.6 is 7.82 Å². The monoisotopic (exact) mass is 653 g/mol. The van der Waals surface area contributed by atoms with Gasteiger partial charge in [-0.1, -0.05) is 113 Å². The summed E-state index contributed by atoms with van der Waals surface area (Å²) < 4.78 is 32.5. The van der Waals surface area contributed by atoms with Gasteiger partial charge in [-0.2, -0.15) is 0 Å². The molecule has 2 atom stereocenters. The summed E-state index contributed by atoms with van der Waals surface area (Å²) >= 11 is 0. The molecular weight excluding hydrogens is 593 g/mol. The average molecular weight is 654 g/mol. The number of carbonyl (C=O) groups is 2. The largest absolute Gasteiger partial charge is 0.472 e. The highest BCUT2D eigenvalue weighted by atomic mass is 31.2. The smallest absolute Gasteiger partial charge is 0.462 e. The van der Waals surface area contributed by atoms with Crippen molar-refractivity contribution < 1.29 is 37.6 Å². The van der Waals surface area contributed by atoms with E-state index in [1.165, 1.54) is 12.8 Å². The lowest BCUT2D eigenvalue weighted by atomic mass is 10.1. The minimum absolute atomic E-state index is 0.0430. The fourth-order valence-electron chi connectivity index (χ4n) is 3.96. The van der Waals surface area contributed by atoms with Crippen LogP contribution in [-0.2, 0) is 32.7 Å². The molecule has 0 aliphatic carbocycles. The number of phosphoric ester groups is 1. The minimum Gasteiger partial charge on any atom is -0.462 e. The number of allylic oxidation sites excluding steroid dienone is 10. The van der Waals surface area contributed by atoms with Gasteiger partial charge in [0.15, 0.2) is 6.10 Å². The highest BCUT2D eigenvalue weighted by Gasteiger charge is 2.25. The molecule has 0 fully saturated rings. The molecule has 0 saturated heterocycles. The Morgan fingerprint density at radius 2 is 1.22 bits per heavy atom. The molecule has 0 aromatic carbocycles. The molecule has 0 amide bonds. The predicted octanol–water partition coefficient (Wildman–Crippen LogP) is 8.60. The second-order valence-electron chi connectivity index (χ2n) is 10.7. The first kappa shape index (κ1) is 42.7. The topological polar surface area (TPSA) is 134 Å². The van der Waals surface area contributed by atoms with Gasteiger partial charge in [-0.15, -0.1) is 0 Å². The molecule has 3 N–H and O–H groups in total. The Bertz CT molecular complexity index is 929. The Hall–Kier alpha value is -2.29. The second kappa shape index (κ2) is 31.7. The summed E-state index contributed by atoms with van der Waals surface area (Å²) in [5.41, 5.74) is 5.31. The summed E-state index contributed by atoms with van der Waals surface area (Å²) in [5, 5.41) is 0. The Morgan fingerprint density at radius 3 is 1.84 bits per heavy atom. The van der Waals surface area contributed by atoms with Gasteiger partial charge in [-0.3, -0.25) is 18.6 Å². The van der Waals surface area contributed by atoms with Crippen LogP contribution in [0.3, 0.4) is 0 Å². The number of hydrogen-bond donors (Lipinski definition) is 2. The van der Waals surface area contributed by atoms with Crippen molar-refractivity contribution in [3.8, 4) is 0 Å². The summed E-state index contributed by atoms with van der Waals surface area (Å²) in [6, 6.07) is 0. The lowest BCUT2D eigenvalue weighted by Crippen LogP contribution is -2.29. The van der Waals surface area contributed by atoms with Gasteiger partial charge in [0.05, 0.1) is 13.2 Å². The number of hydrogen-bond acceptors (Lipinski definition) is 8. The number of ether oxygens (including phenoxy) is 2. The number of rotatable bonds is 30. The van der Waals surface area contributed by atoms with E-state index >= 15 is 0 Å². The van der Waals surface area contributed by atoms with Crippen LogP contribution in [0.25, 0.3) is 0 Å². The number of esters is 2. The van der Waals surface area contributed by atoms with E-state index in [9.17, 15) is 19.0 Å². The molecule has 0 aliphatic rings. The first-order valence-corrected chi connectivity index (χ1v) is 18.3. The van der Waals surface area contributed by atoms with Crippen LogP contribution < -0.4 is 5.73 Å².